The average molecular weight is 473 g/mol. The number of carbonyl (C=O) groups excluding carboxylic acids is 3. The molecule has 4 rings (SSSR count). The SMILES string of the molecule is Cc1ccc(C(=O)Nc2cc(C(=O)N3CCN(C)CC3)cc(-c3ccc(C(=O)NO)cc3)c2)cc1. The van der Waals surface area contributed by atoms with Gasteiger partial charge in [0.2, 0.25) is 0 Å². The van der Waals surface area contributed by atoms with Crippen LogP contribution < -0.4 is 10.8 Å². The summed E-state index contributed by atoms with van der Waals surface area (Å²) in [6.45, 7) is 4.83. The number of likely N-dealkylation sites (N-methyl/N-ethyl adjacent to an activating group) is 1. The van der Waals surface area contributed by atoms with Crippen LogP contribution in [-0.2, 0) is 0 Å². The summed E-state index contributed by atoms with van der Waals surface area (Å²) >= 11 is 0. The second-order valence-electron chi connectivity index (χ2n) is 8.73. The minimum Gasteiger partial charge on any atom is -0.336 e. The van der Waals surface area contributed by atoms with E-state index in [0.29, 0.717) is 35.5 Å². The summed E-state index contributed by atoms with van der Waals surface area (Å²) in [7, 11) is 2.03. The van der Waals surface area contributed by atoms with Crippen molar-refractivity contribution in [2.24, 2.45) is 0 Å². The van der Waals surface area contributed by atoms with Gasteiger partial charge in [-0.25, -0.2) is 5.48 Å². The molecule has 0 atom stereocenters. The minimum absolute atomic E-state index is 0.0953. The Morgan fingerprint density at radius 1 is 0.743 bits per heavy atom. The molecule has 1 heterocycles. The Balaban J connectivity index is 1.67. The standard InChI is InChI=1S/C27H28N4O4/c1-18-3-5-20(6-4-18)25(32)28-24-16-22(19-7-9-21(10-8-19)26(33)29-35)15-23(17-24)27(34)31-13-11-30(2)12-14-31/h3-10,15-17,35H,11-14H2,1-2H3,(H,28,32)(H,29,33). The van der Waals surface area contributed by atoms with E-state index in [1.807, 2.05) is 31.0 Å². The highest BCUT2D eigenvalue weighted by Crippen LogP contribution is 2.27. The number of rotatable bonds is 5. The monoisotopic (exact) mass is 472 g/mol. The van der Waals surface area contributed by atoms with Gasteiger partial charge in [-0.2, -0.15) is 0 Å². The molecule has 35 heavy (non-hydrogen) atoms. The summed E-state index contributed by atoms with van der Waals surface area (Å²) in [5, 5.41) is 11.8. The molecule has 0 radical (unpaired) electrons. The maximum Gasteiger partial charge on any atom is 0.274 e. The van der Waals surface area contributed by atoms with E-state index < -0.39 is 5.91 Å². The van der Waals surface area contributed by atoms with E-state index in [1.165, 1.54) is 0 Å². The van der Waals surface area contributed by atoms with Gasteiger partial charge in [0, 0.05) is 48.6 Å². The highest BCUT2D eigenvalue weighted by molar-refractivity contribution is 6.06. The molecule has 0 bridgehead atoms. The molecule has 0 spiro atoms. The molecular formula is C27H28N4O4. The fourth-order valence-corrected chi connectivity index (χ4v) is 3.97. The van der Waals surface area contributed by atoms with Crippen LogP contribution in [-0.4, -0.2) is 66.0 Å². The van der Waals surface area contributed by atoms with Crippen molar-refractivity contribution in [1.29, 1.82) is 0 Å². The number of amides is 3. The van der Waals surface area contributed by atoms with Crippen molar-refractivity contribution < 1.29 is 19.6 Å². The molecule has 1 aliphatic heterocycles. The van der Waals surface area contributed by atoms with Crippen LogP contribution in [0, 0.1) is 6.92 Å². The topological polar surface area (TPSA) is 102 Å². The summed E-state index contributed by atoms with van der Waals surface area (Å²) in [5.41, 5.74) is 5.95. The first-order valence-corrected chi connectivity index (χ1v) is 11.4. The maximum atomic E-state index is 13.3. The van der Waals surface area contributed by atoms with E-state index >= 15 is 0 Å². The predicted octanol–water partition coefficient (Wildman–Crippen LogP) is 3.42. The van der Waals surface area contributed by atoms with Gasteiger partial charge in [-0.15, -0.1) is 0 Å². The zero-order valence-corrected chi connectivity index (χ0v) is 19.7. The molecule has 0 unspecified atom stereocenters. The van der Waals surface area contributed by atoms with Gasteiger partial charge in [0.05, 0.1) is 0 Å². The molecule has 1 aliphatic rings. The largest absolute Gasteiger partial charge is 0.336 e. The highest BCUT2D eigenvalue weighted by Gasteiger charge is 2.22. The lowest BCUT2D eigenvalue weighted by Crippen LogP contribution is -2.47. The molecule has 180 valence electrons. The Kier molecular flexibility index (Phi) is 7.24. The molecule has 3 aromatic carbocycles. The Labute approximate surface area is 204 Å². The molecule has 0 saturated carbocycles. The Morgan fingerprint density at radius 3 is 1.97 bits per heavy atom. The smallest absolute Gasteiger partial charge is 0.274 e. The Hall–Kier alpha value is -4.01. The third-order valence-electron chi connectivity index (χ3n) is 6.12. The van der Waals surface area contributed by atoms with Crippen LogP contribution in [0.2, 0.25) is 0 Å². The Bertz CT molecular complexity index is 1230. The van der Waals surface area contributed by atoms with Crippen LogP contribution in [0.5, 0.6) is 0 Å². The van der Waals surface area contributed by atoms with E-state index in [-0.39, 0.29) is 11.8 Å². The number of hydrogen-bond acceptors (Lipinski definition) is 5. The van der Waals surface area contributed by atoms with Gasteiger partial charge in [0.25, 0.3) is 17.7 Å². The molecule has 8 nitrogen and oxygen atoms in total. The lowest BCUT2D eigenvalue weighted by Gasteiger charge is -2.32. The summed E-state index contributed by atoms with van der Waals surface area (Å²) in [4.78, 5) is 41.9. The van der Waals surface area contributed by atoms with Crippen LogP contribution in [0.1, 0.15) is 36.6 Å². The fourth-order valence-electron chi connectivity index (χ4n) is 3.97. The van der Waals surface area contributed by atoms with Gasteiger partial charge in [-0.3, -0.25) is 19.6 Å². The molecule has 3 aromatic rings. The van der Waals surface area contributed by atoms with E-state index in [2.05, 4.69) is 10.2 Å². The van der Waals surface area contributed by atoms with Crippen molar-refractivity contribution in [1.82, 2.24) is 15.3 Å². The van der Waals surface area contributed by atoms with Crippen molar-refractivity contribution in [3.8, 4) is 11.1 Å². The summed E-state index contributed by atoms with van der Waals surface area (Å²) in [6.07, 6.45) is 0. The number of anilines is 1. The zero-order valence-electron chi connectivity index (χ0n) is 19.7. The summed E-state index contributed by atoms with van der Waals surface area (Å²) in [6, 6.07) is 19.2. The number of nitrogens with one attached hydrogen (secondary N) is 2. The number of hydroxylamine groups is 1. The van der Waals surface area contributed by atoms with Crippen molar-refractivity contribution in [3.05, 3.63) is 89.0 Å². The molecule has 1 fully saturated rings. The molecule has 0 aromatic heterocycles. The van der Waals surface area contributed by atoms with Crippen LogP contribution in [0.3, 0.4) is 0 Å². The zero-order chi connectivity index (χ0) is 24.9. The number of benzene rings is 3. The van der Waals surface area contributed by atoms with Crippen LogP contribution in [0.15, 0.2) is 66.7 Å². The average Bonchev–Trinajstić information content (AvgIpc) is 2.88. The quantitative estimate of drug-likeness (QED) is 0.390. The van der Waals surface area contributed by atoms with Gasteiger partial charge in [0.15, 0.2) is 0 Å². The molecular weight excluding hydrogens is 444 g/mol. The number of nitrogens with zero attached hydrogens (tertiary/aromatic N) is 2. The number of hydrogen-bond donors (Lipinski definition) is 3. The number of aryl methyl sites for hydroxylation is 1. The van der Waals surface area contributed by atoms with E-state index in [9.17, 15) is 14.4 Å². The van der Waals surface area contributed by atoms with E-state index in [1.54, 1.807) is 60.1 Å². The third kappa shape index (κ3) is 5.74. The van der Waals surface area contributed by atoms with Gasteiger partial charge >= 0.3 is 0 Å². The summed E-state index contributed by atoms with van der Waals surface area (Å²) in [5.74, 6) is -0.973. The van der Waals surface area contributed by atoms with Crippen molar-refractivity contribution in [2.45, 2.75) is 6.92 Å². The van der Waals surface area contributed by atoms with Crippen molar-refractivity contribution in [3.63, 3.8) is 0 Å². The highest BCUT2D eigenvalue weighted by atomic mass is 16.5. The van der Waals surface area contributed by atoms with Gasteiger partial charge in [-0.1, -0.05) is 29.8 Å². The maximum absolute atomic E-state index is 13.3. The summed E-state index contributed by atoms with van der Waals surface area (Å²) < 4.78 is 0. The lowest BCUT2D eigenvalue weighted by molar-refractivity contribution is 0.0663. The normalized spacial score (nSPS) is 13.9. The third-order valence-corrected chi connectivity index (χ3v) is 6.12. The molecule has 3 N–H and O–H groups in total. The molecule has 1 saturated heterocycles. The lowest BCUT2D eigenvalue weighted by atomic mass is 9.99. The second-order valence-corrected chi connectivity index (χ2v) is 8.73. The minimum atomic E-state index is -0.610. The number of piperazine rings is 1. The van der Waals surface area contributed by atoms with Crippen LogP contribution in [0.4, 0.5) is 5.69 Å². The van der Waals surface area contributed by atoms with Gasteiger partial charge in [0.1, 0.15) is 0 Å². The predicted molar refractivity (Wildman–Crippen MR) is 134 cm³/mol. The molecule has 0 aliphatic carbocycles. The number of carbonyl (C=O) groups is 3. The van der Waals surface area contributed by atoms with Gasteiger partial charge < -0.3 is 15.1 Å². The fraction of sp³-hybridized carbons (Fsp3) is 0.222. The van der Waals surface area contributed by atoms with Crippen molar-refractivity contribution >= 4 is 23.4 Å². The first kappa shape index (κ1) is 24.1. The Morgan fingerprint density at radius 2 is 1.34 bits per heavy atom. The molecule has 3 amide bonds. The first-order valence-electron chi connectivity index (χ1n) is 11.4. The van der Waals surface area contributed by atoms with Gasteiger partial charge in [-0.05, 0) is 67.6 Å². The molecule has 8 heteroatoms. The van der Waals surface area contributed by atoms with Crippen molar-refractivity contribution in [2.75, 3.05) is 38.5 Å². The van der Waals surface area contributed by atoms with Crippen LogP contribution in [0.25, 0.3) is 11.1 Å². The first-order chi connectivity index (χ1) is 16.8. The van der Waals surface area contributed by atoms with Crippen LogP contribution >= 0.6 is 0 Å². The van der Waals surface area contributed by atoms with E-state index in [4.69, 9.17) is 5.21 Å². The second kappa shape index (κ2) is 10.5. The van der Waals surface area contributed by atoms with E-state index in [0.717, 1.165) is 29.8 Å².